The fourth-order valence-electron chi connectivity index (χ4n) is 3.48. The van der Waals surface area contributed by atoms with E-state index in [0.717, 1.165) is 17.2 Å². The first-order valence-electron chi connectivity index (χ1n) is 8.54. The van der Waals surface area contributed by atoms with E-state index >= 15 is 0 Å². The number of likely N-dealkylation sites (tertiary alicyclic amines) is 1. The maximum absolute atomic E-state index is 12.5. The van der Waals surface area contributed by atoms with Crippen molar-refractivity contribution >= 4 is 28.4 Å². The Bertz CT molecular complexity index is 846. The Hall–Kier alpha value is -2.69. The molecule has 0 unspecified atom stereocenters. The summed E-state index contributed by atoms with van der Waals surface area (Å²) >= 11 is 0. The molecule has 1 atom stereocenters. The summed E-state index contributed by atoms with van der Waals surface area (Å²) < 4.78 is 0. The molecule has 0 aromatic heterocycles. The minimum absolute atomic E-state index is 0.0703. The summed E-state index contributed by atoms with van der Waals surface area (Å²) in [4.78, 5) is 38.1. The second-order valence-corrected chi connectivity index (χ2v) is 6.77. The summed E-state index contributed by atoms with van der Waals surface area (Å²) in [5.41, 5.74) is 5.14. The molecule has 1 heterocycles. The molecule has 3 rings (SSSR count). The van der Waals surface area contributed by atoms with Gasteiger partial charge in [-0.3, -0.25) is 14.4 Å². The van der Waals surface area contributed by atoms with Crippen LogP contribution in [0.25, 0.3) is 10.8 Å². The summed E-state index contributed by atoms with van der Waals surface area (Å²) in [7, 11) is 0. The van der Waals surface area contributed by atoms with E-state index in [4.69, 9.17) is 5.73 Å². The minimum atomic E-state index is -0.927. The fourth-order valence-corrected chi connectivity index (χ4v) is 3.48. The van der Waals surface area contributed by atoms with Gasteiger partial charge in [-0.25, -0.2) is 0 Å². The van der Waals surface area contributed by atoms with Crippen molar-refractivity contribution in [2.75, 3.05) is 6.54 Å². The van der Waals surface area contributed by atoms with Crippen LogP contribution in [0.2, 0.25) is 0 Å². The number of nitrogens with zero attached hydrogens (tertiary/aromatic N) is 1. The third-order valence-electron chi connectivity index (χ3n) is 5.11. The van der Waals surface area contributed by atoms with Crippen molar-refractivity contribution in [1.82, 2.24) is 4.90 Å². The highest BCUT2D eigenvalue weighted by atomic mass is 16.2. The molecule has 0 aliphatic carbocycles. The van der Waals surface area contributed by atoms with Crippen molar-refractivity contribution in [3.8, 4) is 0 Å². The maximum atomic E-state index is 12.5. The molecule has 5 heteroatoms. The molecule has 25 heavy (non-hydrogen) atoms. The van der Waals surface area contributed by atoms with Gasteiger partial charge >= 0.3 is 0 Å². The molecule has 5 nitrogen and oxygen atoms in total. The van der Waals surface area contributed by atoms with Crippen LogP contribution in [0.5, 0.6) is 0 Å². The van der Waals surface area contributed by atoms with E-state index in [-0.39, 0.29) is 24.5 Å². The van der Waals surface area contributed by atoms with E-state index in [1.54, 1.807) is 13.0 Å². The Morgan fingerprint density at radius 1 is 1.08 bits per heavy atom. The Morgan fingerprint density at radius 2 is 1.80 bits per heavy atom. The normalized spacial score (nSPS) is 20.0. The van der Waals surface area contributed by atoms with Crippen LogP contribution in [-0.4, -0.2) is 34.6 Å². The molecule has 0 radical (unpaired) electrons. The molecule has 1 fully saturated rings. The van der Waals surface area contributed by atoms with Crippen LogP contribution in [0.4, 0.5) is 0 Å². The van der Waals surface area contributed by atoms with E-state index in [1.165, 1.54) is 4.90 Å². The van der Waals surface area contributed by atoms with Gasteiger partial charge in [0.2, 0.25) is 11.8 Å². The number of carbonyl (C=O) groups excluding carboxylic acids is 3. The number of Topliss-reactive ketones (excluding diaryl/α,β-unsaturated/α-hetero) is 1. The molecule has 0 bridgehead atoms. The van der Waals surface area contributed by atoms with Gasteiger partial charge in [0.25, 0.3) is 0 Å². The van der Waals surface area contributed by atoms with E-state index < -0.39 is 11.4 Å². The SMILES string of the molecule is C[C@@]1(C(N)=O)CCCN1C(=O)CCC(=O)c1ccc2ccccc2c1. The van der Waals surface area contributed by atoms with Crippen LogP contribution in [0, 0.1) is 0 Å². The van der Waals surface area contributed by atoms with Crippen molar-refractivity contribution in [3.63, 3.8) is 0 Å². The molecular weight excluding hydrogens is 316 g/mol. The zero-order valence-corrected chi connectivity index (χ0v) is 14.3. The Balaban J connectivity index is 1.67. The van der Waals surface area contributed by atoms with Crippen LogP contribution < -0.4 is 5.73 Å². The maximum Gasteiger partial charge on any atom is 0.243 e. The number of hydrogen-bond donors (Lipinski definition) is 1. The first-order chi connectivity index (χ1) is 11.9. The molecule has 0 spiro atoms. The third kappa shape index (κ3) is 3.27. The zero-order valence-electron chi connectivity index (χ0n) is 14.3. The molecule has 2 aromatic rings. The van der Waals surface area contributed by atoms with Crippen LogP contribution in [-0.2, 0) is 9.59 Å². The van der Waals surface area contributed by atoms with Gasteiger partial charge in [-0.05, 0) is 36.6 Å². The lowest BCUT2D eigenvalue weighted by Gasteiger charge is -2.32. The number of primary amides is 1. The largest absolute Gasteiger partial charge is 0.368 e. The van der Waals surface area contributed by atoms with Crippen molar-refractivity contribution in [2.45, 2.75) is 38.1 Å². The van der Waals surface area contributed by atoms with Gasteiger partial charge in [-0.2, -0.15) is 0 Å². The summed E-state index contributed by atoms with van der Waals surface area (Å²) in [6.07, 6.45) is 1.55. The van der Waals surface area contributed by atoms with Gasteiger partial charge in [0.1, 0.15) is 5.54 Å². The topological polar surface area (TPSA) is 80.5 Å². The number of fused-ring (bicyclic) bond motifs is 1. The first kappa shape index (κ1) is 17.1. The quantitative estimate of drug-likeness (QED) is 0.851. The van der Waals surface area contributed by atoms with Gasteiger partial charge in [-0.15, -0.1) is 0 Å². The number of nitrogens with two attached hydrogens (primary N) is 1. The van der Waals surface area contributed by atoms with Gasteiger partial charge in [0, 0.05) is 24.9 Å². The predicted octanol–water partition coefficient (Wildman–Crippen LogP) is 2.67. The van der Waals surface area contributed by atoms with E-state index in [0.29, 0.717) is 18.5 Å². The molecule has 2 N–H and O–H groups in total. The highest BCUT2D eigenvalue weighted by Crippen LogP contribution is 2.29. The fraction of sp³-hybridized carbons (Fsp3) is 0.350. The number of ketones is 1. The second-order valence-electron chi connectivity index (χ2n) is 6.77. The Kier molecular flexibility index (Phi) is 4.57. The highest BCUT2D eigenvalue weighted by Gasteiger charge is 2.44. The van der Waals surface area contributed by atoms with Crippen molar-refractivity contribution in [2.24, 2.45) is 5.73 Å². The smallest absolute Gasteiger partial charge is 0.243 e. The first-order valence-corrected chi connectivity index (χ1v) is 8.54. The minimum Gasteiger partial charge on any atom is -0.368 e. The number of carbonyl (C=O) groups is 3. The van der Waals surface area contributed by atoms with Gasteiger partial charge in [0.05, 0.1) is 0 Å². The monoisotopic (exact) mass is 338 g/mol. The molecular formula is C20H22N2O3. The van der Waals surface area contributed by atoms with E-state index in [9.17, 15) is 14.4 Å². The summed E-state index contributed by atoms with van der Waals surface area (Å²) in [6, 6.07) is 13.4. The standard InChI is InChI=1S/C20H22N2O3/c1-20(19(21)25)11-4-12-22(20)18(24)10-9-17(23)16-8-7-14-5-2-3-6-15(14)13-16/h2-3,5-8,13H,4,9-12H2,1H3,(H2,21,25)/t20-/m0/s1. The van der Waals surface area contributed by atoms with Crippen LogP contribution in [0.3, 0.4) is 0 Å². The number of benzene rings is 2. The zero-order chi connectivity index (χ0) is 18.0. The van der Waals surface area contributed by atoms with Crippen molar-refractivity contribution in [1.29, 1.82) is 0 Å². The predicted molar refractivity (Wildman–Crippen MR) is 96.1 cm³/mol. The average molecular weight is 338 g/mol. The second kappa shape index (κ2) is 6.67. The van der Waals surface area contributed by atoms with Crippen LogP contribution in [0.1, 0.15) is 43.0 Å². The Morgan fingerprint density at radius 3 is 2.52 bits per heavy atom. The molecule has 130 valence electrons. The van der Waals surface area contributed by atoms with Gasteiger partial charge < -0.3 is 10.6 Å². The number of hydrogen-bond acceptors (Lipinski definition) is 3. The van der Waals surface area contributed by atoms with Crippen LogP contribution in [0.15, 0.2) is 42.5 Å². The van der Waals surface area contributed by atoms with Crippen molar-refractivity contribution in [3.05, 3.63) is 48.0 Å². The molecule has 1 saturated heterocycles. The number of amides is 2. The van der Waals surface area contributed by atoms with Crippen LogP contribution >= 0.6 is 0 Å². The summed E-state index contributed by atoms with van der Waals surface area (Å²) in [5, 5.41) is 2.07. The molecule has 2 amide bonds. The van der Waals surface area contributed by atoms with E-state index in [2.05, 4.69) is 0 Å². The van der Waals surface area contributed by atoms with Gasteiger partial charge in [0.15, 0.2) is 5.78 Å². The average Bonchev–Trinajstić information content (AvgIpc) is 3.02. The molecule has 1 aliphatic rings. The lowest BCUT2D eigenvalue weighted by atomic mass is 9.97. The molecule has 0 saturated carbocycles. The molecule has 1 aliphatic heterocycles. The highest BCUT2D eigenvalue weighted by molar-refractivity contribution is 6.01. The summed E-state index contributed by atoms with van der Waals surface area (Å²) in [6.45, 7) is 2.22. The number of rotatable bonds is 5. The lowest BCUT2D eigenvalue weighted by Crippen LogP contribution is -2.53. The Labute approximate surface area is 146 Å². The van der Waals surface area contributed by atoms with Crippen molar-refractivity contribution < 1.29 is 14.4 Å². The van der Waals surface area contributed by atoms with E-state index in [1.807, 2.05) is 36.4 Å². The third-order valence-corrected chi connectivity index (χ3v) is 5.11. The van der Waals surface area contributed by atoms with Gasteiger partial charge in [-0.1, -0.05) is 36.4 Å². The lowest BCUT2D eigenvalue weighted by molar-refractivity contribution is -0.142. The molecule has 2 aromatic carbocycles. The summed E-state index contributed by atoms with van der Waals surface area (Å²) in [5.74, 6) is -0.744.